The first kappa shape index (κ1) is 51.4. The summed E-state index contributed by atoms with van der Waals surface area (Å²) < 4.78 is 4.10. The van der Waals surface area contributed by atoms with Gasteiger partial charge in [0.15, 0.2) is 0 Å². The molecule has 9 aromatic rings. The van der Waals surface area contributed by atoms with Crippen molar-refractivity contribution < 1.29 is 0 Å². The van der Waals surface area contributed by atoms with Gasteiger partial charge in [-0.3, -0.25) is 0 Å². The molecule has 82 heavy (non-hydrogen) atoms. The number of aromatic nitrogens is 1. The molecular weight excluding hydrogens is 1010 g/mol. The molecule has 0 N–H and O–H groups in total. The molecule has 2 aromatic heterocycles. The summed E-state index contributed by atoms with van der Waals surface area (Å²) in [6, 6.07) is 52.5. The fraction of sp³-hybridized carbons (Fsp3) is 0.421. The van der Waals surface area contributed by atoms with Crippen LogP contribution in [-0.2, 0) is 32.5 Å². The molecule has 0 amide bonds. The number of anilines is 7. The molecule has 2 saturated carbocycles. The Morgan fingerprint density at radius 3 is 1.65 bits per heavy atom. The largest absolute Gasteiger partial charge is 0.334 e. The Labute approximate surface area is 493 Å². The standard InChI is InChI=1S/C76H83BN4S/c1-69(2,3)46-26-32-59-55(40-46)73(11)34-17-19-36-75(73,13)80(59)49-29-31-57-61(43-49)78(48-28-30-53-54(42-48)72(9,10)39-38-71(53,7)8)62-44-50(81-60-33-27-47(70(4,5)6)41-56(60)74(12)35-18-20-37-76(74,81)14)45-63-66(62)77(57)58-24-21-23-52-65-51-22-15-16-25-64(51)82-68(65)79(63)67(52)58/h15-16,21-33,40-45H,17-20,34-39H2,1-14H3. The fourth-order valence-corrected chi connectivity index (χ4v) is 19.6. The summed E-state index contributed by atoms with van der Waals surface area (Å²) in [6.07, 6.45) is 12.1. The van der Waals surface area contributed by atoms with Crippen molar-refractivity contribution in [1.29, 1.82) is 0 Å². The molecule has 6 heterocycles. The van der Waals surface area contributed by atoms with E-state index in [0.717, 1.165) is 12.8 Å². The third-order valence-electron chi connectivity index (χ3n) is 23.7. The molecule has 0 saturated heterocycles. The van der Waals surface area contributed by atoms with Crippen LogP contribution in [-0.4, -0.2) is 22.4 Å². The molecule has 7 aliphatic rings. The minimum Gasteiger partial charge on any atom is -0.334 e. The lowest BCUT2D eigenvalue weighted by molar-refractivity contribution is 0.195. The van der Waals surface area contributed by atoms with Gasteiger partial charge in [0.2, 0.25) is 0 Å². The number of para-hydroxylation sites is 1. The van der Waals surface area contributed by atoms with Crippen molar-refractivity contribution in [2.24, 2.45) is 0 Å². The lowest BCUT2D eigenvalue weighted by Gasteiger charge is -2.51. The topological polar surface area (TPSA) is 14.7 Å². The number of hydrogen-bond acceptors (Lipinski definition) is 4. The Bertz CT molecular complexity index is 4270. The van der Waals surface area contributed by atoms with E-state index in [1.165, 1.54) is 178 Å². The molecule has 0 bridgehead atoms. The van der Waals surface area contributed by atoms with E-state index in [0.29, 0.717) is 0 Å². The number of benzene rings is 7. The molecule has 4 unspecified atom stereocenters. The quantitative estimate of drug-likeness (QED) is 0.164. The van der Waals surface area contributed by atoms with Crippen molar-refractivity contribution in [2.45, 2.75) is 205 Å². The first-order valence-electron chi connectivity index (χ1n) is 31.5. The molecule has 0 spiro atoms. The zero-order chi connectivity index (χ0) is 56.8. The van der Waals surface area contributed by atoms with Crippen molar-refractivity contribution in [2.75, 3.05) is 14.7 Å². The van der Waals surface area contributed by atoms with Crippen LogP contribution in [0.5, 0.6) is 0 Å². The van der Waals surface area contributed by atoms with E-state index < -0.39 is 0 Å². The van der Waals surface area contributed by atoms with Crippen molar-refractivity contribution in [3.63, 3.8) is 0 Å². The van der Waals surface area contributed by atoms with Crippen LogP contribution in [0.1, 0.15) is 195 Å². The summed E-state index contributed by atoms with van der Waals surface area (Å²) in [4.78, 5) is 9.86. The minimum absolute atomic E-state index is 0.00948. The Kier molecular flexibility index (Phi) is 10.2. The van der Waals surface area contributed by atoms with Crippen molar-refractivity contribution >= 4 is 105 Å². The van der Waals surface area contributed by atoms with Gasteiger partial charge in [-0.15, -0.1) is 11.3 Å². The number of thiophene rings is 1. The highest BCUT2D eigenvalue weighted by Gasteiger charge is 2.60. The fourth-order valence-electron chi connectivity index (χ4n) is 18.4. The predicted octanol–water partition coefficient (Wildman–Crippen LogP) is 19.0. The van der Waals surface area contributed by atoms with E-state index in [9.17, 15) is 0 Å². The summed E-state index contributed by atoms with van der Waals surface area (Å²) in [5.74, 6) is 0. The molecule has 7 aromatic carbocycles. The average Bonchev–Trinajstić information content (AvgIpc) is 1.47. The van der Waals surface area contributed by atoms with Crippen LogP contribution >= 0.6 is 11.3 Å². The van der Waals surface area contributed by atoms with Gasteiger partial charge in [0, 0.05) is 77.2 Å². The SMILES string of the molecule is CC(C)(C)c1ccc2c(c1)C1(C)CCCCC1(C)N2c1ccc2c(c1)N(c1ccc3c(c1)C(C)(C)CCC3(C)C)c1cc(N3c4ccc(C(C)(C)C)cc4C4(C)CCCCC34C)cc3c1B2c1cccc2c4c5ccccc5sc4n-3c12. The molecule has 2 fully saturated rings. The lowest BCUT2D eigenvalue weighted by atomic mass is 9.33. The third kappa shape index (κ3) is 6.47. The van der Waals surface area contributed by atoms with Gasteiger partial charge >= 0.3 is 0 Å². The van der Waals surface area contributed by atoms with Crippen LogP contribution in [0.4, 0.5) is 39.8 Å². The van der Waals surface area contributed by atoms with Gasteiger partial charge in [0.05, 0.1) is 16.6 Å². The highest BCUT2D eigenvalue weighted by Crippen LogP contribution is 2.64. The Morgan fingerprint density at radius 1 is 0.439 bits per heavy atom. The maximum absolute atomic E-state index is 2.88. The monoisotopic (exact) mass is 1090 g/mol. The number of fused-ring (bicyclic) bond motifs is 16. The molecular formula is C76H83BN4S. The number of hydrogen-bond donors (Lipinski definition) is 0. The molecule has 0 radical (unpaired) electrons. The summed E-state index contributed by atoms with van der Waals surface area (Å²) in [5.41, 5.74) is 25.1. The molecule has 6 heteroatoms. The van der Waals surface area contributed by atoms with E-state index in [1.54, 1.807) is 0 Å². The van der Waals surface area contributed by atoms with Crippen molar-refractivity contribution in [1.82, 2.24) is 4.57 Å². The van der Waals surface area contributed by atoms with Crippen LogP contribution in [0.3, 0.4) is 0 Å². The van der Waals surface area contributed by atoms with Crippen molar-refractivity contribution in [3.8, 4) is 5.69 Å². The first-order chi connectivity index (χ1) is 38.9. The zero-order valence-corrected chi connectivity index (χ0v) is 52.3. The number of rotatable bonds is 3. The van der Waals surface area contributed by atoms with Crippen molar-refractivity contribution in [3.05, 3.63) is 161 Å². The minimum atomic E-state index is -0.139. The normalized spacial score (nSPS) is 25.5. The Balaban J connectivity index is 1.03. The third-order valence-corrected chi connectivity index (χ3v) is 24.8. The predicted molar refractivity (Wildman–Crippen MR) is 354 cm³/mol. The second-order valence-electron chi connectivity index (χ2n) is 31.0. The second-order valence-corrected chi connectivity index (χ2v) is 32.1. The smallest absolute Gasteiger partial charge is 0.252 e. The van der Waals surface area contributed by atoms with Crippen LogP contribution < -0.4 is 31.1 Å². The zero-order valence-electron chi connectivity index (χ0n) is 51.5. The summed E-state index contributed by atoms with van der Waals surface area (Å²) in [7, 11) is 0. The van der Waals surface area contributed by atoms with Gasteiger partial charge in [-0.25, -0.2) is 0 Å². The van der Waals surface area contributed by atoms with E-state index in [1.807, 2.05) is 11.3 Å². The first-order valence-corrected chi connectivity index (χ1v) is 32.3. The van der Waals surface area contributed by atoms with Gasteiger partial charge in [-0.1, -0.05) is 182 Å². The summed E-state index contributed by atoms with van der Waals surface area (Å²) in [5, 5.41) is 4.11. The Hall–Kier alpha value is -6.24. The van der Waals surface area contributed by atoms with Crippen LogP contribution in [0.15, 0.2) is 127 Å². The van der Waals surface area contributed by atoms with Gasteiger partial charge in [-0.2, -0.15) is 0 Å². The summed E-state index contributed by atoms with van der Waals surface area (Å²) >= 11 is 1.97. The number of nitrogens with zero attached hydrogens (tertiary/aromatic N) is 4. The molecule has 4 nitrogen and oxygen atoms in total. The van der Waals surface area contributed by atoms with Crippen LogP contribution in [0.2, 0.25) is 0 Å². The molecule has 416 valence electrons. The van der Waals surface area contributed by atoms with Gasteiger partial charge in [0.25, 0.3) is 6.71 Å². The second kappa shape index (κ2) is 16.3. The van der Waals surface area contributed by atoms with Gasteiger partial charge in [-0.05, 0) is 178 Å². The Morgan fingerprint density at radius 2 is 1.00 bits per heavy atom. The molecule has 3 aliphatic carbocycles. The highest BCUT2D eigenvalue weighted by atomic mass is 32.1. The molecule has 4 aliphatic heterocycles. The molecule has 4 atom stereocenters. The highest BCUT2D eigenvalue weighted by molar-refractivity contribution is 7.26. The summed E-state index contributed by atoms with van der Waals surface area (Å²) in [6.45, 7) is 34.8. The van der Waals surface area contributed by atoms with E-state index in [-0.39, 0.29) is 50.3 Å². The maximum Gasteiger partial charge on any atom is 0.252 e. The maximum atomic E-state index is 2.88. The lowest BCUT2D eigenvalue weighted by Crippen LogP contribution is -2.61. The average molecular weight is 1100 g/mol. The van der Waals surface area contributed by atoms with E-state index >= 15 is 0 Å². The van der Waals surface area contributed by atoms with Crippen LogP contribution in [0, 0.1) is 0 Å². The molecule has 16 rings (SSSR count). The van der Waals surface area contributed by atoms with Crippen LogP contribution in [0.25, 0.3) is 36.9 Å². The van der Waals surface area contributed by atoms with Gasteiger partial charge < -0.3 is 19.3 Å². The van der Waals surface area contributed by atoms with E-state index in [2.05, 4.69) is 244 Å². The van der Waals surface area contributed by atoms with E-state index in [4.69, 9.17) is 0 Å². The van der Waals surface area contributed by atoms with Gasteiger partial charge in [0.1, 0.15) is 4.83 Å².